The SMILES string of the molecule is N#CNC(=O)C1CCCC1CN. The second-order valence-electron chi connectivity index (χ2n) is 3.13. The van der Waals surface area contributed by atoms with Gasteiger partial charge in [-0.05, 0) is 25.3 Å². The predicted molar refractivity (Wildman–Crippen MR) is 43.6 cm³/mol. The molecule has 0 radical (unpaired) electrons. The van der Waals surface area contributed by atoms with Crippen molar-refractivity contribution < 1.29 is 4.79 Å². The minimum atomic E-state index is -0.162. The highest BCUT2D eigenvalue weighted by molar-refractivity contribution is 5.80. The minimum absolute atomic E-state index is 0.0327. The Morgan fingerprint density at radius 1 is 1.67 bits per heavy atom. The summed E-state index contributed by atoms with van der Waals surface area (Å²) >= 11 is 0. The third-order valence-electron chi connectivity index (χ3n) is 2.48. The molecule has 1 aliphatic carbocycles. The summed E-state index contributed by atoms with van der Waals surface area (Å²) in [6.07, 6.45) is 4.58. The van der Waals surface area contributed by atoms with Gasteiger partial charge in [0.25, 0.3) is 0 Å². The van der Waals surface area contributed by atoms with E-state index in [1.165, 1.54) is 0 Å². The Morgan fingerprint density at radius 2 is 2.42 bits per heavy atom. The molecule has 2 atom stereocenters. The van der Waals surface area contributed by atoms with E-state index in [0.29, 0.717) is 6.54 Å². The topological polar surface area (TPSA) is 78.9 Å². The Hall–Kier alpha value is -1.08. The van der Waals surface area contributed by atoms with E-state index in [9.17, 15) is 4.79 Å². The van der Waals surface area contributed by atoms with Crippen molar-refractivity contribution >= 4 is 5.91 Å². The molecule has 1 amide bonds. The maximum absolute atomic E-state index is 11.2. The molecular weight excluding hydrogens is 154 g/mol. The average Bonchev–Trinajstić information content (AvgIpc) is 2.51. The summed E-state index contributed by atoms with van der Waals surface area (Å²) in [5, 5.41) is 10.4. The van der Waals surface area contributed by atoms with Gasteiger partial charge >= 0.3 is 0 Å². The highest BCUT2D eigenvalue weighted by Crippen LogP contribution is 2.30. The van der Waals surface area contributed by atoms with Gasteiger partial charge in [-0.3, -0.25) is 10.1 Å². The number of amides is 1. The van der Waals surface area contributed by atoms with Gasteiger partial charge in [0.2, 0.25) is 5.91 Å². The second-order valence-corrected chi connectivity index (χ2v) is 3.13. The van der Waals surface area contributed by atoms with Crippen molar-refractivity contribution in [1.29, 1.82) is 5.26 Å². The zero-order chi connectivity index (χ0) is 8.97. The van der Waals surface area contributed by atoms with Gasteiger partial charge in [0.1, 0.15) is 0 Å². The molecular formula is C8H13N3O. The number of carbonyl (C=O) groups is 1. The molecule has 0 heterocycles. The first kappa shape index (κ1) is 9.01. The largest absolute Gasteiger partial charge is 0.330 e. The van der Waals surface area contributed by atoms with Crippen LogP contribution >= 0.6 is 0 Å². The number of nitriles is 1. The molecule has 1 saturated carbocycles. The zero-order valence-corrected chi connectivity index (χ0v) is 6.92. The number of nitrogens with one attached hydrogen (secondary N) is 1. The first-order valence-corrected chi connectivity index (χ1v) is 4.18. The Balaban J connectivity index is 2.50. The molecule has 0 spiro atoms. The van der Waals surface area contributed by atoms with E-state index >= 15 is 0 Å². The van der Waals surface area contributed by atoms with E-state index in [2.05, 4.69) is 5.32 Å². The number of hydrogen-bond acceptors (Lipinski definition) is 3. The van der Waals surface area contributed by atoms with Crippen LogP contribution in [0.25, 0.3) is 0 Å². The van der Waals surface area contributed by atoms with Crippen LogP contribution < -0.4 is 11.1 Å². The predicted octanol–water partition coefficient (Wildman–Crippen LogP) is -0.0413. The highest BCUT2D eigenvalue weighted by atomic mass is 16.1. The molecule has 1 rings (SSSR count). The lowest BCUT2D eigenvalue weighted by Crippen LogP contribution is -2.32. The summed E-state index contributed by atoms with van der Waals surface area (Å²) in [7, 11) is 0. The van der Waals surface area contributed by atoms with E-state index < -0.39 is 0 Å². The minimum Gasteiger partial charge on any atom is -0.330 e. The van der Waals surface area contributed by atoms with Crippen molar-refractivity contribution in [3.05, 3.63) is 0 Å². The average molecular weight is 167 g/mol. The number of nitrogens with two attached hydrogens (primary N) is 1. The number of hydrogen-bond donors (Lipinski definition) is 2. The first-order valence-electron chi connectivity index (χ1n) is 4.18. The Bertz CT molecular complexity index is 209. The fraction of sp³-hybridized carbons (Fsp3) is 0.750. The molecule has 2 unspecified atom stereocenters. The van der Waals surface area contributed by atoms with Gasteiger partial charge in [-0.2, -0.15) is 5.26 Å². The maximum atomic E-state index is 11.2. The zero-order valence-electron chi connectivity index (χ0n) is 6.92. The molecule has 4 heteroatoms. The Kier molecular flexibility index (Phi) is 3.06. The monoisotopic (exact) mass is 167 g/mol. The van der Waals surface area contributed by atoms with Gasteiger partial charge in [0.15, 0.2) is 6.19 Å². The van der Waals surface area contributed by atoms with Crippen molar-refractivity contribution in [3.8, 4) is 6.19 Å². The molecule has 0 aromatic heterocycles. The molecule has 1 aliphatic rings. The molecule has 4 nitrogen and oxygen atoms in total. The molecule has 0 aromatic carbocycles. The highest BCUT2D eigenvalue weighted by Gasteiger charge is 2.31. The van der Waals surface area contributed by atoms with E-state index in [0.717, 1.165) is 19.3 Å². The van der Waals surface area contributed by atoms with E-state index in [-0.39, 0.29) is 17.7 Å². The first-order chi connectivity index (χ1) is 5.79. The fourth-order valence-corrected chi connectivity index (χ4v) is 1.81. The van der Waals surface area contributed by atoms with Gasteiger partial charge in [0, 0.05) is 5.92 Å². The summed E-state index contributed by atoms with van der Waals surface area (Å²) < 4.78 is 0. The fourth-order valence-electron chi connectivity index (χ4n) is 1.81. The van der Waals surface area contributed by atoms with Crippen LogP contribution in [-0.4, -0.2) is 12.5 Å². The van der Waals surface area contributed by atoms with Crippen molar-refractivity contribution in [1.82, 2.24) is 5.32 Å². The van der Waals surface area contributed by atoms with Crippen LogP contribution in [0.3, 0.4) is 0 Å². The van der Waals surface area contributed by atoms with Crippen LogP contribution in [0, 0.1) is 23.3 Å². The van der Waals surface area contributed by atoms with Crippen LogP contribution in [0.2, 0.25) is 0 Å². The quantitative estimate of drug-likeness (QED) is 0.447. The van der Waals surface area contributed by atoms with Crippen molar-refractivity contribution in [2.24, 2.45) is 17.6 Å². The van der Waals surface area contributed by atoms with Gasteiger partial charge < -0.3 is 5.73 Å². The molecule has 0 aromatic rings. The molecule has 0 bridgehead atoms. The van der Waals surface area contributed by atoms with Crippen LogP contribution in [0.15, 0.2) is 0 Å². The van der Waals surface area contributed by atoms with Crippen molar-refractivity contribution in [3.63, 3.8) is 0 Å². The smallest absolute Gasteiger partial charge is 0.236 e. The molecule has 0 aliphatic heterocycles. The lowest BCUT2D eigenvalue weighted by molar-refractivity contribution is -0.124. The molecule has 66 valence electrons. The lowest BCUT2D eigenvalue weighted by atomic mass is 9.95. The summed E-state index contributed by atoms with van der Waals surface area (Å²) in [4.78, 5) is 11.2. The molecule has 3 N–H and O–H groups in total. The molecule has 12 heavy (non-hydrogen) atoms. The summed E-state index contributed by atoms with van der Waals surface area (Å²) in [5.41, 5.74) is 5.50. The summed E-state index contributed by atoms with van der Waals surface area (Å²) in [6, 6.07) is 0. The lowest BCUT2D eigenvalue weighted by Gasteiger charge is -2.14. The van der Waals surface area contributed by atoms with Crippen molar-refractivity contribution in [2.45, 2.75) is 19.3 Å². The van der Waals surface area contributed by atoms with Gasteiger partial charge in [0.05, 0.1) is 0 Å². The van der Waals surface area contributed by atoms with Crippen LogP contribution in [0.5, 0.6) is 0 Å². The van der Waals surface area contributed by atoms with Gasteiger partial charge in [-0.1, -0.05) is 6.42 Å². The third kappa shape index (κ3) is 1.74. The Morgan fingerprint density at radius 3 is 3.00 bits per heavy atom. The molecule has 1 fully saturated rings. The number of nitrogens with zero attached hydrogens (tertiary/aromatic N) is 1. The summed E-state index contributed by atoms with van der Waals surface area (Å²) in [5.74, 6) is 0.0819. The van der Waals surface area contributed by atoms with Crippen molar-refractivity contribution in [2.75, 3.05) is 6.54 Å². The van der Waals surface area contributed by atoms with E-state index in [1.807, 2.05) is 0 Å². The standard InChI is InChI=1S/C8H13N3O/c9-4-6-2-1-3-7(6)8(12)11-5-10/h6-7H,1-4,9H2,(H,11,12). The second kappa shape index (κ2) is 4.07. The summed E-state index contributed by atoms with van der Waals surface area (Å²) in [6.45, 7) is 0.545. The Labute approximate surface area is 71.7 Å². The maximum Gasteiger partial charge on any atom is 0.236 e. The van der Waals surface area contributed by atoms with Crippen LogP contribution in [-0.2, 0) is 4.79 Å². The van der Waals surface area contributed by atoms with Gasteiger partial charge in [-0.15, -0.1) is 0 Å². The van der Waals surface area contributed by atoms with Gasteiger partial charge in [-0.25, -0.2) is 0 Å². The number of carbonyl (C=O) groups excluding carboxylic acids is 1. The van der Waals surface area contributed by atoms with E-state index in [4.69, 9.17) is 11.0 Å². The van der Waals surface area contributed by atoms with Crippen LogP contribution in [0.4, 0.5) is 0 Å². The third-order valence-corrected chi connectivity index (χ3v) is 2.48. The normalized spacial score (nSPS) is 28.0. The number of rotatable bonds is 2. The van der Waals surface area contributed by atoms with E-state index in [1.54, 1.807) is 6.19 Å². The van der Waals surface area contributed by atoms with Crippen LogP contribution in [0.1, 0.15) is 19.3 Å². The molecule has 0 saturated heterocycles.